The smallest absolute Gasteiger partial charge is 0.191 e. The number of aromatic nitrogens is 3. The van der Waals surface area contributed by atoms with Crippen LogP contribution in [0.4, 0.5) is 0 Å². The van der Waals surface area contributed by atoms with E-state index in [1.54, 1.807) is 18.1 Å². The molecule has 0 spiro atoms. The first-order valence-electron chi connectivity index (χ1n) is 6.47. The molecule has 19 heavy (non-hydrogen) atoms. The number of nitrogens with zero attached hydrogens (tertiary/aromatic N) is 3. The molecule has 0 amide bonds. The van der Waals surface area contributed by atoms with Crippen LogP contribution in [-0.2, 0) is 0 Å². The van der Waals surface area contributed by atoms with Crippen molar-refractivity contribution in [1.82, 2.24) is 14.8 Å². The van der Waals surface area contributed by atoms with Gasteiger partial charge in [-0.3, -0.25) is 0 Å². The average molecular weight is 277 g/mol. The molecule has 0 N–H and O–H groups in total. The Kier molecular flexibility index (Phi) is 5.27. The molecule has 102 valence electrons. The van der Waals surface area contributed by atoms with E-state index in [9.17, 15) is 0 Å². The molecule has 0 aliphatic rings. The van der Waals surface area contributed by atoms with Gasteiger partial charge in [0, 0.05) is 11.8 Å². The fourth-order valence-electron chi connectivity index (χ4n) is 1.62. The fraction of sp³-hybridized carbons (Fsp3) is 0.429. The summed E-state index contributed by atoms with van der Waals surface area (Å²) in [5.74, 6) is 1.91. The molecule has 5 heteroatoms. The molecular weight excluding hydrogens is 258 g/mol. The highest BCUT2D eigenvalue weighted by atomic mass is 32.2. The van der Waals surface area contributed by atoms with Gasteiger partial charge in [0.2, 0.25) is 0 Å². The molecule has 0 saturated carbocycles. The van der Waals surface area contributed by atoms with Gasteiger partial charge in [0.1, 0.15) is 12.1 Å². The molecule has 2 rings (SSSR count). The summed E-state index contributed by atoms with van der Waals surface area (Å²) in [4.78, 5) is 0. The molecule has 1 aromatic carbocycles. The van der Waals surface area contributed by atoms with Crippen molar-refractivity contribution in [1.29, 1.82) is 0 Å². The standard InChI is InChI=1S/C14H19N3OS/c1-12(2)17-11-15-16-14(17)19-10-6-9-18-13-7-4-3-5-8-13/h3-5,7-8,11-12H,6,9-10H2,1-2H3. The summed E-state index contributed by atoms with van der Waals surface area (Å²) in [6, 6.07) is 10.3. The lowest BCUT2D eigenvalue weighted by molar-refractivity contribution is 0.318. The van der Waals surface area contributed by atoms with Crippen molar-refractivity contribution in [2.24, 2.45) is 0 Å². The zero-order valence-electron chi connectivity index (χ0n) is 11.3. The van der Waals surface area contributed by atoms with Gasteiger partial charge in [-0.25, -0.2) is 0 Å². The molecule has 0 bridgehead atoms. The second-order valence-corrected chi connectivity index (χ2v) is 5.54. The minimum absolute atomic E-state index is 0.401. The van der Waals surface area contributed by atoms with Crippen molar-refractivity contribution < 1.29 is 4.74 Å². The molecule has 0 saturated heterocycles. The van der Waals surface area contributed by atoms with Gasteiger partial charge in [-0.15, -0.1) is 10.2 Å². The first kappa shape index (κ1) is 13.9. The van der Waals surface area contributed by atoms with Crippen molar-refractivity contribution in [2.75, 3.05) is 12.4 Å². The van der Waals surface area contributed by atoms with Crippen LogP contribution in [0.25, 0.3) is 0 Å². The number of thioether (sulfide) groups is 1. The van der Waals surface area contributed by atoms with Crippen LogP contribution in [0.2, 0.25) is 0 Å². The Balaban J connectivity index is 1.68. The Morgan fingerprint density at radius 2 is 2.05 bits per heavy atom. The van der Waals surface area contributed by atoms with Crippen molar-refractivity contribution in [3.05, 3.63) is 36.7 Å². The topological polar surface area (TPSA) is 39.9 Å². The Morgan fingerprint density at radius 1 is 1.26 bits per heavy atom. The second kappa shape index (κ2) is 7.19. The first-order valence-corrected chi connectivity index (χ1v) is 7.46. The van der Waals surface area contributed by atoms with Gasteiger partial charge in [0.25, 0.3) is 0 Å². The van der Waals surface area contributed by atoms with Crippen LogP contribution in [0.3, 0.4) is 0 Å². The summed E-state index contributed by atoms with van der Waals surface area (Å²) in [6.45, 7) is 4.99. The maximum Gasteiger partial charge on any atom is 0.191 e. The molecule has 2 aromatic rings. The normalized spacial score (nSPS) is 10.9. The van der Waals surface area contributed by atoms with E-state index in [1.165, 1.54) is 0 Å². The summed E-state index contributed by atoms with van der Waals surface area (Å²) in [5.41, 5.74) is 0. The van der Waals surface area contributed by atoms with Gasteiger partial charge >= 0.3 is 0 Å². The van der Waals surface area contributed by atoms with E-state index < -0.39 is 0 Å². The highest BCUT2D eigenvalue weighted by molar-refractivity contribution is 7.99. The molecule has 1 aromatic heterocycles. The Hall–Kier alpha value is -1.49. The van der Waals surface area contributed by atoms with E-state index in [1.807, 2.05) is 30.3 Å². The Bertz CT molecular complexity index is 484. The van der Waals surface area contributed by atoms with Gasteiger partial charge < -0.3 is 9.30 Å². The number of hydrogen-bond donors (Lipinski definition) is 0. The SMILES string of the molecule is CC(C)n1cnnc1SCCCOc1ccccc1. The Morgan fingerprint density at radius 3 is 2.79 bits per heavy atom. The molecule has 0 aliphatic carbocycles. The van der Waals surface area contributed by atoms with Crippen molar-refractivity contribution in [2.45, 2.75) is 31.5 Å². The molecule has 0 unspecified atom stereocenters. The van der Waals surface area contributed by atoms with Crippen LogP contribution >= 0.6 is 11.8 Å². The highest BCUT2D eigenvalue weighted by Crippen LogP contribution is 2.19. The van der Waals surface area contributed by atoms with Gasteiger partial charge in [-0.2, -0.15) is 0 Å². The molecule has 0 fully saturated rings. The predicted octanol–water partition coefficient (Wildman–Crippen LogP) is 3.42. The quantitative estimate of drug-likeness (QED) is 0.574. The molecule has 0 atom stereocenters. The van der Waals surface area contributed by atoms with E-state index in [0.29, 0.717) is 6.04 Å². The third kappa shape index (κ3) is 4.28. The minimum atomic E-state index is 0.401. The summed E-state index contributed by atoms with van der Waals surface area (Å²) >= 11 is 1.73. The maximum absolute atomic E-state index is 5.65. The zero-order chi connectivity index (χ0) is 13.5. The highest BCUT2D eigenvalue weighted by Gasteiger charge is 2.07. The summed E-state index contributed by atoms with van der Waals surface area (Å²) in [5, 5.41) is 9.06. The van der Waals surface area contributed by atoms with Crippen molar-refractivity contribution in [3.63, 3.8) is 0 Å². The van der Waals surface area contributed by atoms with Crippen LogP contribution in [0.15, 0.2) is 41.8 Å². The summed E-state index contributed by atoms with van der Waals surface area (Å²) in [6.07, 6.45) is 2.78. The van der Waals surface area contributed by atoms with E-state index >= 15 is 0 Å². The zero-order valence-corrected chi connectivity index (χ0v) is 12.1. The Labute approximate surface area is 118 Å². The van der Waals surface area contributed by atoms with Gasteiger partial charge in [-0.05, 0) is 32.4 Å². The van der Waals surface area contributed by atoms with Crippen LogP contribution in [0.5, 0.6) is 5.75 Å². The third-order valence-corrected chi connectivity index (χ3v) is 3.67. The fourth-order valence-corrected chi connectivity index (χ4v) is 2.58. The average Bonchev–Trinajstić information content (AvgIpc) is 2.88. The van der Waals surface area contributed by atoms with Gasteiger partial charge in [-0.1, -0.05) is 30.0 Å². The number of para-hydroxylation sites is 1. The van der Waals surface area contributed by atoms with Crippen LogP contribution in [0, 0.1) is 0 Å². The van der Waals surface area contributed by atoms with Crippen molar-refractivity contribution in [3.8, 4) is 5.75 Å². The van der Waals surface area contributed by atoms with E-state index in [2.05, 4.69) is 28.6 Å². The monoisotopic (exact) mass is 277 g/mol. The van der Waals surface area contributed by atoms with Gasteiger partial charge in [0.15, 0.2) is 5.16 Å². The molecule has 4 nitrogen and oxygen atoms in total. The second-order valence-electron chi connectivity index (χ2n) is 4.48. The number of ether oxygens (including phenoxy) is 1. The lowest BCUT2D eigenvalue weighted by Crippen LogP contribution is -2.02. The first-order chi connectivity index (χ1) is 9.27. The van der Waals surface area contributed by atoms with E-state index in [0.717, 1.165) is 29.7 Å². The predicted molar refractivity (Wildman–Crippen MR) is 77.7 cm³/mol. The van der Waals surface area contributed by atoms with E-state index in [-0.39, 0.29) is 0 Å². The lowest BCUT2D eigenvalue weighted by atomic mass is 10.3. The molecule has 0 radical (unpaired) electrons. The minimum Gasteiger partial charge on any atom is -0.494 e. The molecular formula is C14H19N3OS. The van der Waals surface area contributed by atoms with Crippen LogP contribution in [-0.4, -0.2) is 27.1 Å². The number of rotatable bonds is 7. The van der Waals surface area contributed by atoms with Crippen LogP contribution < -0.4 is 4.74 Å². The van der Waals surface area contributed by atoms with E-state index in [4.69, 9.17) is 4.74 Å². The largest absolute Gasteiger partial charge is 0.494 e. The maximum atomic E-state index is 5.65. The van der Waals surface area contributed by atoms with Crippen LogP contribution in [0.1, 0.15) is 26.3 Å². The summed E-state index contributed by atoms with van der Waals surface area (Å²) in [7, 11) is 0. The number of hydrogen-bond acceptors (Lipinski definition) is 4. The van der Waals surface area contributed by atoms with Crippen molar-refractivity contribution >= 4 is 11.8 Å². The number of benzene rings is 1. The lowest BCUT2D eigenvalue weighted by Gasteiger charge is -2.09. The molecule has 1 heterocycles. The van der Waals surface area contributed by atoms with Gasteiger partial charge in [0.05, 0.1) is 6.61 Å². The summed E-state index contributed by atoms with van der Waals surface area (Å²) < 4.78 is 7.73. The third-order valence-electron chi connectivity index (χ3n) is 2.63. The molecule has 0 aliphatic heterocycles.